The van der Waals surface area contributed by atoms with Crippen molar-refractivity contribution < 1.29 is 9.47 Å². The van der Waals surface area contributed by atoms with Gasteiger partial charge in [0.05, 0.1) is 6.20 Å². The van der Waals surface area contributed by atoms with Crippen LogP contribution in [0.4, 0.5) is 0 Å². The van der Waals surface area contributed by atoms with E-state index >= 15 is 0 Å². The molecular formula is C17H13N2O2. The normalized spacial score (nSPS) is 10.1. The topological polar surface area (TPSA) is 44.2 Å². The molecule has 0 aliphatic carbocycles. The van der Waals surface area contributed by atoms with Crippen LogP contribution in [0.15, 0.2) is 66.9 Å². The molecule has 0 N–H and O–H groups in total. The van der Waals surface area contributed by atoms with Crippen LogP contribution in [0.1, 0.15) is 5.56 Å². The van der Waals surface area contributed by atoms with E-state index in [-0.39, 0.29) is 6.01 Å². The molecule has 103 valence electrons. The zero-order valence-corrected chi connectivity index (χ0v) is 11.3. The third-order valence-corrected chi connectivity index (χ3v) is 2.78. The van der Waals surface area contributed by atoms with E-state index in [0.29, 0.717) is 12.4 Å². The average Bonchev–Trinajstić information content (AvgIpc) is 2.56. The van der Waals surface area contributed by atoms with Crippen LogP contribution in [0.3, 0.4) is 0 Å². The van der Waals surface area contributed by atoms with Crippen molar-refractivity contribution in [1.82, 2.24) is 9.97 Å². The highest BCUT2D eigenvalue weighted by molar-refractivity contribution is 5.32. The Bertz CT molecular complexity index is 670. The van der Waals surface area contributed by atoms with Crippen molar-refractivity contribution >= 4 is 0 Å². The zero-order valence-electron chi connectivity index (χ0n) is 11.3. The predicted octanol–water partition coefficient (Wildman–Crippen LogP) is 3.65. The fourth-order valence-corrected chi connectivity index (χ4v) is 1.76. The highest BCUT2D eigenvalue weighted by atomic mass is 16.5. The molecule has 1 heterocycles. The standard InChI is InChI=1S/C17H13N2O2/c1-2-5-14(6-3-1)13-20-15-7-9-16(10-8-15)21-17-18-11-4-12-19-17/h1-11H,13H2. The first-order chi connectivity index (χ1) is 10.4. The minimum atomic E-state index is 0.274. The Labute approximate surface area is 123 Å². The SMILES string of the molecule is [c]1ccnc(Oc2ccc(OCc3ccccc3)cc2)n1. The summed E-state index contributed by atoms with van der Waals surface area (Å²) in [6.07, 6.45) is 4.25. The molecule has 21 heavy (non-hydrogen) atoms. The largest absolute Gasteiger partial charge is 0.489 e. The summed E-state index contributed by atoms with van der Waals surface area (Å²) in [6.45, 7) is 0.539. The van der Waals surface area contributed by atoms with E-state index < -0.39 is 0 Å². The minimum absolute atomic E-state index is 0.274. The average molecular weight is 277 g/mol. The van der Waals surface area contributed by atoms with Gasteiger partial charge in [0.2, 0.25) is 0 Å². The van der Waals surface area contributed by atoms with Crippen LogP contribution < -0.4 is 9.47 Å². The second-order valence-electron chi connectivity index (χ2n) is 4.32. The fraction of sp³-hybridized carbons (Fsp3) is 0.0588. The fourth-order valence-electron chi connectivity index (χ4n) is 1.76. The summed E-state index contributed by atoms with van der Waals surface area (Å²) >= 11 is 0. The van der Waals surface area contributed by atoms with E-state index in [1.54, 1.807) is 12.3 Å². The van der Waals surface area contributed by atoms with Gasteiger partial charge >= 0.3 is 6.01 Å². The van der Waals surface area contributed by atoms with E-state index in [9.17, 15) is 0 Å². The van der Waals surface area contributed by atoms with Gasteiger partial charge in [0.25, 0.3) is 0 Å². The van der Waals surface area contributed by atoms with Crippen molar-refractivity contribution in [2.75, 3.05) is 0 Å². The number of hydrogen-bond donors (Lipinski definition) is 0. The van der Waals surface area contributed by atoms with Gasteiger partial charge < -0.3 is 9.47 Å². The van der Waals surface area contributed by atoms with E-state index in [2.05, 4.69) is 16.2 Å². The van der Waals surface area contributed by atoms with Gasteiger partial charge in [-0.15, -0.1) is 0 Å². The van der Waals surface area contributed by atoms with Crippen LogP contribution in [0.5, 0.6) is 17.5 Å². The maximum atomic E-state index is 5.70. The van der Waals surface area contributed by atoms with Crippen molar-refractivity contribution in [3.63, 3.8) is 0 Å². The second-order valence-corrected chi connectivity index (χ2v) is 4.32. The summed E-state index contributed by atoms with van der Waals surface area (Å²) in [5.41, 5.74) is 1.13. The molecule has 0 saturated carbocycles. The Morgan fingerprint density at radius 1 is 0.905 bits per heavy atom. The van der Waals surface area contributed by atoms with E-state index in [0.717, 1.165) is 11.3 Å². The van der Waals surface area contributed by atoms with Gasteiger partial charge in [0.15, 0.2) is 0 Å². The van der Waals surface area contributed by atoms with Crippen LogP contribution in [-0.2, 0) is 6.61 Å². The lowest BCUT2D eigenvalue weighted by molar-refractivity contribution is 0.305. The summed E-state index contributed by atoms with van der Waals surface area (Å²) in [4.78, 5) is 7.86. The van der Waals surface area contributed by atoms with Crippen molar-refractivity contribution in [3.8, 4) is 17.5 Å². The van der Waals surface area contributed by atoms with Crippen LogP contribution in [0, 0.1) is 6.20 Å². The maximum absolute atomic E-state index is 5.70. The van der Waals surface area contributed by atoms with Gasteiger partial charge in [-0.3, -0.25) is 0 Å². The zero-order chi connectivity index (χ0) is 14.3. The molecule has 0 atom stereocenters. The molecule has 3 rings (SSSR count). The first-order valence-corrected chi connectivity index (χ1v) is 6.54. The molecule has 1 radical (unpaired) electrons. The molecule has 2 aromatic carbocycles. The van der Waals surface area contributed by atoms with Gasteiger partial charge in [0, 0.05) is 6.20 Å². The maximum Gasteiger partial charge on any atom is 0.322 e. The second kappa shape index (κ2) is 6.52. The van der Waals surface area contributed by atoms with Gasteiger partial charge in [-0.2, -0.15) is 4.98 Å². The number of ether oxygens (including phenoxy) is 2. The van der Waals surface area contributed by atoms with Gasteiger partial charge in [0.1, 0.15) is 18.1 Å². The third kappa shape index (κ3) is 3.79. The predicted molar refractivity (Wildman–Crippen MR) is 78.2 cm³/mol. The minimum Gasteiger partial charge on any atom is -0.489 e. The lowest BCUT2D eigenvalue weighted by atomic mass is 10.2. The summed E-state index contributed by atoms with van der Waals surface area (Å²) in [6, 6.07) is 19.3. The molecule has 4 nitrogen and oxygen atoms in total. The van der Waals surface area contributed by atoms with Gasteiger partial charge in [-0.25, -0.2) is 4.98 Å². The Morgan fingerprint density at radius 3 is 2.38 bits per heavy atom. The monoisotopic (exact) mass is 277 g/mol. The lowest BCUT2D eigenvalue weighted by Gasteiger charge is -2.07. The summed E-state index contributed by atoms with van der Waals surface area (Å²) in [5, 5.41) is 0. The summed E-state index contributed by atoms with van der Waals surface area (Å²) < 4.78 is 11.2. The lowest BCUT2D eigenvalue weighted by Crippen LogP contribution is -1.95. The molecule has 0 saturated heterocycles. The third-order valence-electron chi connectivity index (χ3n) is 2.78. The molecular weight excluding hydrogens is 264 g/mol. The van der Waals surface area contributed by atoms with Crippen LogP contribution in [0.2, 0.25) is 0 Å². The van der Waals surface area contributed by atoms with E-state index in [1.807, 2.05) is 54.6 Å². The first-order valence-electron chi connectivity index (χ1n) is 6.54. The highest BCUT2D eigenvalue weighted by Crippen LogP contribution is 2.21. The van der Waals surface area contributed by atoms with E-state index in [4.69, 9.17) is 9.47 Å². The molecule has 1 aromatic heterocycles. The first kappa shape index (κ1) is 13.1. The number of aromatic nitrogens is 2. The number of benzene rings is 2. The number of hydrogen-bond acceptors (Lipinski definition) is 4. The molecule has 0 fully saturated rings. The smallest absolute Gasteiger partial charge is 0.322 e. The molecule has 0 spiro atoms. The molecule has 4 heteroatoms. The number of nitrogens with zero attached hydrogens (tertiary/aromatic N) is 2. The van der Waals surface area contributed by atoms with Crippen molar-refractivity contribution in [2.24, 2.45) is 0 Å². The number of rotatable bonds is 5. The van der Waals surface area contributed by atoms with Crippen LogP contribution in [0.25, 0.3) is 0 Å². The van der Waals surface area contributed by atoms with Crippen molar-refractivity contribution in [2.45, 2.75) is 6.61 Å². The van der Waals surface area contributed by atoms with Crippen LogP contribution in [-0.4, -0.2) is 9.97 Å². The molecule has 0 aliphatic rings. The quantitative estimate of drug-likeness (QED) is 0.714. The molecule has 0 amide bonds. The molecule has 0 aliphatic heterocycles. The van der Waals surface area contributed by atoms with Crippen molar-refractivity contribution in [3.05, 3.63) is 78.6 Å². The van der Waals surface area contributed by atoms with E-state index in [1.165, 1.54) is 0 Å². The Hall–Kier alpha value is -2.88. The highest BCUT2D eigenvalue weighted by Gasteiger charge is 2.00. The van der Waals surface area contributed by atoms with Gasteiger partial charge in [-0.05, 0) is 35.9 Å². The Kier molecular flexibility index (Phi) is 4.07. The summed E-state index contributed by atoms with van der Waals surface area (Å²) in [5.74, 6) is 1.44. The molecule has 0 unspecified atom stereocenters. The van der Waals surface area contributed by atoms with Crippen LogP contribution >= 0.6 is 0 Å². The molecule has 3 aromatic rings. The summed E-state index contributed by atoms with van der Waals surface area (Å²) in [7, 11) is 0. The Morgan fingerprint density at radius 2 is 1.67 bits per heavy atom. The Balaban J connectivity index is 1.59. The van der Waals surface area contributed by atoms with Crippen molar-refractivity contribution in [1.29, 1.82) is 0 Å². The van der Waals surface area contributed by atoms with Gasteiger partial charge in [-0.1, -0.05) is 30.3 Å². The molecule has 0 bridgehead atoms.